The molecule has 2 N–H and O–H groups in total. The quantitative estimate of drug-likeness (QED) is 0.708. The molecule has 31 heavy (non-hydrogen) atoms. The molecule has 1 aliphatic rings. The van der Waals surface area contributed by atoms with Crippen molar-refractivity contribution in [2.24, 2.45) is 0 Å². The van der Waals surface area contributed by atoms with E-state index in [1.807, 2.05) is 17.5 Å². The van der Waals surface area contributed by atoms with Crippen LogP contribution in [-0.2, 0) is 14.3 Å². The van der Waals surface area contributed by atoms with E-state index in [1.54, 1.807) is 20.8 Å². The van der Waals surface area contributed by atoms with Gasteiger partial charge in [-0.3, -0.25) is 9.78 Å². The molecule has 3 atom stereocenters. The third kappa shape index (κ3) is 7.00. The van der Waals surface area contributed by atoms with Crippen molar-refractivity contribution in [3.8, 4) is 11.4 Å². The van der Waals surface area contributed by atoms with Crippen molar-refractivity contribution in [1.82, 2.24) is 15.3 Å². The molecule has 0 aliphatic carbocycles. The molecule has 3 heterocycles. The van der Waals surface area contributed by atoms with Crippen molar-refractivity contribution < 1.29 is 19.1 Å². The maximum atomic E-state index is 12.1. The summed E-state index contributed by atoms with van der Waals surface area (Å²) < 4.78 is 11.0. The molecule has 0 spiro atoms. The Balaban J connectivity index is 1.59. The minimum absolute atomic E-state index is 0.197. The fourth-order valence-corrected chi connectivity index (χ4v) is 4.27. The summed E-state index contributed by atoms with van der Waals surface area (Å²) in [6.45, 7) is 9.28. The molecular weight excluding hydrogens is 416 g/mol. The molecule has 1 saturated heterocycles. The second-order valence-corrected chi connectivity index (χ2v) is 9.67. The molecule has 1 fully saturated rings. The molecule has 1 unspecified atom stereocenters. The second-order valence-electron chi connectivity index (χ2n) is 8.81. The lowest BCUT2D eigenvalue weighted by Crippen LogP contribution is -2.37. The van der Waals surface area contributed by atoms with Crippen LogP contribution < -0.4 is 10.6 Å². The van der Waals surface area contributed by atoms with Crippen molar-refractivity contribution in [3.05, 3.63) is 29.3 Å². The number of alkyl carbamates (subject to hydrolysis) is 1. The van der Waals surface area contributed by atoms with Crippen molar-refractivity contribution in [2.75, 3.05) is 11.9 Å². The van der Waals surface area contributed by atoms with Crippen molar-refractivity contribution in [1.29, 1.82) is 0 Å². The van der Waals surface area contributed by atoms with Crippen LogP contribution >= 0.6 is 11.3 Å². The summed E-state index contributed by atoms with van der Waals surface area (Å²) in [6.07, 6.45) is 1.69. The van der Waals surface area contributed by atoms with Gasteiger partial charge in [-0.15, -0.1) is 11.3 Å². The number of hydrogen-bond donors (Lipinski definition) is 2. The zero-order valence-electron chi connectivity index (χ0n) is 18.6. The van der Waals surface area contributed by atoms with Crippen LogP contribution in [0.4, 0.5) is 9.93 Å². The molecular formula is C22H30N4O4S. The van der Waals surface area contributed by atoms with Gasteiger partial charge in [0, 0.05) is 17.0 Å². The Bertz CT molecular complexity index is 914. The summed E-state index contributed by atoms with van der Waals surface area (Å²) in [5, 5.41) is 7.43. The number of ether oxygens (including phenoxy) is 2. The maximum Gasteiger partial charge on any atom is 0.408 e. The lowest BCUT2D eigenvalue weighted by molar-refractivity contribution is -0.115. The fourth-order valence-electron chi connectivity index (χ4n) is 3.55. The lowest BCUT2D eigenvalue weighted by Gasteiger charge is -2.31. The molecule has 0 radical (unpaired) electrons. The van der Waals surface area contributed by atoms with Crippen molar-refractivity contribution in [2.45, 2.75) is 71.2 Å². The first-order valence-electron chi connectivity index (χ1n) is 10.4. The number of pyridine rings is 1. The van der Waals surface area contributed by atoms with Gasteiger partial charge >= 0.3 is 6.09 Å². The van der Waals surface area contributed by atoms with Crippen LogP contribution in [0.25, 0.3) is 11.4 Å². The number of rotatable bonds is 5. The molecule has 168 valence electrons. The molecule has 1 aliphatic heterocycles. The van der Waals surface area contributed by atoms with Crippen molar-refractivity contribution in [3.63, 3.8) is 0 Å². The van der Waals surface area contributed by atoms with Crippen LogP contribution in [0.5, 0.6) is 0 Å². The highest BCUT2D eigenvalue weighted by Crippen LogP contribution is 2.33. The van der Waals surface area contributed by atoms with E-state index in [2.05, 4.69) is 35.5 Å². The number of amides is 2. The van der Waals surface area contributed by atoms with Gasteiger partial charge in [0.05, 0.1) is 17.9 Å². The summed E-state index contributed by atoms with van der Waals surface area (Å²) in [5.41, 5.74) is 1.90. The minimum atomic E-state index is -0.639. The predicted octanol–water partition coefficient (Wildman–Crippen LogP) is 4.34. The molecule has 0 bridgehead atoms. The Kier molecular flexibility index (Phi) is 7.27. The molecule has 9 heteroatoms. The van der Waals surface area contributed by atoms with Gasteiger partial charge in [-0.2, -0.15) is 0 Å². The average Bonchev–Trinajstić information content (AvgIpc) is 3.13. The summed E-state index contributed by atoms with van der Waals surface area (Å²) >= 11 is 1.31. The second kappa shape index (κ2) is 9.74. The standard InChI is InChI=1S/C22H30N4O4S/c1-13-9-15(10-14(2)29-13)16-7-6-8-17(24-16)18-12-31-20(25-18)26-19(27)11-23-21(28)30-22(3,4)5/h6-8,12-15H,9-11H2,1-5H3,(H,23,28)(H,25,26,27)/t13-,14+,15?. The molecule has 0 saturated carbocycles. The highest BCUT2D eigenvalue weighted by atomic mass is 32.1. The van der Waals surface area contributed by atoms with E-state index >= 15 is 0 Å². The lowest BCUT2D eigenvalue weighted by atomic mass is 9.89. The van der Waals surface area contributed by atoms with Crippen LogP contribution in [0.1, 0.15) is 59.1 Å². The zero-order valence-corrected chi connectivity index (χ0v) is 19.4. The van der Waals surface area contributed by atoms with E-state index in [-0.39, 0.29) is 24.7 Å². The number of carbonyl (C=O) groups is 2. The third-order valence-corrected chi connectivity index (χ3v) is 5.45. The number of aromatic nitrogens is 2. The normalized spacial score (nSPS) is 21.4. The molecule has 8 nitrogen and oxygen atoms in total. The van der Waals surface area contributed by atoms with E-state index in [4.69, 9.17) is 14.5 Å². The third-order valence-electron chi connectivity index (χ3n) is 4.69. The molecule has 2 aromatic heterocycles. The van der Waals surface area contributed by atoms with Crippen LogP contribution in [-0.4, -0.2) is 46.3 Å². The minimum Gasteiger partial charge on any atom is -0.444 e. The number of carbonyl (C=O) groups excluding carboxylic acids is 2. The van der Waals surface area contributed by atoms with Gasteiger partial charge in [-0.05, 0) is 59.6 Å². The summed E-state index contributed by atoms with van der Waals surface area (Å²) in [7, 11) is 0. The summed E-state index contributed by atoms with van der Waals surface area (Å²) in [5.74, 6) is -0.0194. The molecule has 0 aromatic carbocycles. The molecule has 2 aromatic rings. The maximum absolute atomic E-state index is 12.1. The number of nitrogens with one attached hydrogen (secondary N) is 2. The Hall–Kier alpha value is -2.52. The van der Waals surface area contributed by atoms with Crippen LogP contribution in [0.3, 0.4) is 0 Å². The van der Waals surface area contributed by atoms with Crippen LogP contribution in [0.15, 0.2) is 23.6 Å². The fraction of sp³-hybridized carbons (Fsp3) is 0.545. The highest BCUT2D eigenvalue weighted by molar-refractivity contribution is 7.14. The van der Waals surface area contributed by atoms with E-state index < -0.39 is 11.7 Å². The monoisotopic (exact) mass is 446 g/mol. The van der Waals surface area contributed by atoms with Gasteiger partial charge in [0.2, 0.25) is 5.91 Å². The number of hydrogen-bond acceptors (Lipinski definition) is 7. The summed E-state index contributed by atoms with van der Waals surface area (Å²) in [4.78, 5) is 33.1. The predicted molar refractivity (Wildman–Crippen MR) is 120 cm³/mol. The highest BCUT2D eigenvalue weighted by Gasteiger charge is 2.26. The number of nitrogens with zero attached hydrogens (tertiary/aromatic N) is 2. The van der Waals surface area contributed by atoms with Gasteiger partial charge in [0.1, 0.15) is 17.8 Å². The first-order chi connectivity index (χ1) is 14.6. The average molecular weight is 447 g/mol. The smallest absolute Gasteiger partial charge is 0.408 e. The van der Waals surface area contributed by atoms with E-state index in [1.165, 1.54) is 11.3 Å². The molecule has 3 rings (SSSR count). The Morgan fingerprint density at radius 3 is 2.55 bits per heavy atom. The van der Waals surface area contributed by atoms with Gasteiger partial charge in [0.25, 0.3) is 0 Å². The van der Waals surface area contributed by atoms with Gasteiger partial charge < -0.3 is 20.1 Å². The SMILES string of the molecule is C[C@@H]1CC(c2cccc(-c3csc(NC(=O)CNC(=O)OC(C)(C)C)n3)n2)C[C@H](C)O1. The van der Waals surface area contributed by atoms with Gasteiger partial charge in [0.15, 0.2) is 5.13 Å². The van der Waals surface area contributed by atoms with Gasteiger partial charge in [-0.25, -0.2) is 9.78 Å². The molecule has 2 amide bonds. The Labute approximate surface area is 186 Å². The number of anilines is 1. The first kappa shape index (κ1) is 23.1. The number of thiazole rings is 1. The van der Waals surface area contributed by atoms with E-state index in [0.717, 1.165) is 24.2 Å². The topological polar surface area (TPSA) is 102 Å². The summed E-state index contributed by atoms with van der Waals surface area (Å²) in [6, 6.07) is 5.96. The largest absolute Gasteiger partial charge is 0.444 e. The van der Waals surface area contributed by atoms with Crippen molar-refractivity contribution >= 4 is 28.5 Å². The first-order valence-corrected chi connectivity index (χ1v) is 11.3. The van der Waals surface area contributed by atoms with Gasteiger partial charge in [-0.1, -0.05) is 6.07 Å². The van der Waals surface area contributed by atoms with E-state index in [9.17, 15) is 9.59 Å². The van der Waals surface area contributed by atoms with E-state index in [0.29, 0.717) is 16.7 Å². The van der Waals surface area contributed by atoms with Crippen LogP contribution in [0.2, 0.25) is 0 Å². The Morgan fingerprint density at radius 2 is 1.87 bits per heavy atom. The van der Waals surface area contributed by atoms with Crippen LogP contribution in [0, 0.1) is 0 Å². The zero-order chi connectivity index (χ0) is 22.6. The Morgan fingerprint density at radius 1 is 1.16 bits per heavy atom.